The Morgan fingerprint density at radius 2 is 1.93 bits per heavy atom. The van der Waals surface area contributed by atoms with Crippen molar-refractivity contribution in [1.82, 2.24) is 5.32 Å². The number of hydrogen-bond donors (Lipinski definition) is 1. The highest BCUT2D eigenvalue weighted by Crippen LogP contribution is 2.35. The number of hydrogen-bond acceptors (Lipinski definition) is 5. The lowest BCUT2D eigenvalue weighted by Crippen LogP contribution is -2.41. The first-order valence-electron chi connectivity index (χ1n) is 9.96. The summed E-state index contributed by atoms with van der Waals surface area (Å²) in [6, 6.07) is 16.7. The lowest BCUT2D eigenvalue weighted by atomic mass is 9.78. The minimum absolute atomic E-state index is 0.190. The van der Waals surface area contributed by atoms with Gasteiger partial charge in [-0.15, -0.1) is 11.8 Å². The lowest BCUT2D eigenvalue weighted by molar-refractivity contribution is -0.139. The molecule has 150 valence electrons. The molecule has 0 bridgehead atoms. The van der Waals surface area contributed by atoms with Gasteiger partial charge >= 0.3 is 5.97 Å². The average Bonchev–Trinajstić information content (AvgIpc) is 2.68. The van der Waals surface area contributed by atoms with Crippen LogP contribution >= 0.6 is 11.8 Å². The summed E-state index contributed by atoms with van der Waals surface area (Å²) in [7, 11) is 0. The molecule has 1 aliphatic rings. The Kier molecular flexibility index (Phi) is 7.40. The smallest absolute Gasteiger partial charge is 0.316 e. The first-order valence-corrected chi connectivity index (χ1v) is 10.9. The fraction of sp³-hybridized carbons (Fsp3) is 0.435. The molecule has 1 N–H and O–H groups in total. The molecule has 0 aromatic heterocycles. The van der Waals surface area contributed by atoms with E-state index in [2.05, 4.69) is 37.4 Å². The van der Waals surface area contributed by atoms with Gasteiger partial charge in [-0.2, -0.15) is 0 Å². The number of rotatable bonds is 7. The fourth-order valence-corrected chi connectivity index (χ4v) is 4.52. The van der Waals surface area contributed by atoms with Crippen molar-refractivity contribution >= 4 is 17.7 Å². The Balaban J connectivity index is 1.63. The molecular weight excluding hydrogens is 370 g/mol. The molecule has 1 heterocycles. The molecule has 1 aliphatic heterocycles. The molecule has 28 heavy (non-hydrogen) atoms. The molecule has 3 atom stereocenters. The molecule has 2 aromatic carbocycles. The maximum absolute atomic E-state index is 11.5. The van der Waals surface area contributed by atoms with Crippen LogP contribution in [-0.4, -0.2) is 30.9 Å². The van der Waals surface area contributed by atoms with Crippen molar-refractivity contribution < 1.29 is 14.3 Å². The van der Waals surface area contributed by atoms with E-state index in [9.17, 15) is 4.79 Å². The van der Waals surface area contributed by atoms with Crippen LogP contribution in [-0.2, 0) is 9.53 Å². The van der Waals surface area contributed by atoms with Crippen molar-refractivity contribution in [2.75, 3.05) is 18.9 Å². The summed E-state index contributed by atoms with van der Waals surface area (Å²) in [5.41, 5.74) is 1.33. The summed E-state index contributed by atoms with van der Waals surface area (Å²) in [5, 5.41) is 3.59. The lowest BCUT2D eigenvalue weighted by Gasteiger charge is -2.36. The quantitative estimate of drug-likeness (QED) is 0.510. The van der Waals surface area contributed by atoms with Gasteiger partial charge in [-0.3, -0.25) is 4.79 Å². The normalized spacial score (nSPS) is 21.9. The van der Waals surface area contributed by atoms with Crippen molar-refractivity contribution in [2.24, 2.45) is 5.92 Å². The molecular formula is C23H29NO3S. The van der Waals surface area contributed by atoms with Crippen LogP contribution in [0.3, 0.4) is 0 Å². The number of ether oxygens (including phenoxy) is 2. The zero-order chi connectivity index (χ0) is 19.9. The molecule has 3 unspecified atom stereocenters. The molecule has 4 nitrogen and oxygen atoms in total. The van der Waals surface area contributed by atoms with Gasteiger partial charge in [0.1, 0.15) is 11.5 Å². The van der Waals surface area contributed by atoms with E-state index in [-0.39, 0.29) is 5.97 Å². The summed E-state index contributed by atoms with van der Waals surface area (Å²) in [6.07, 6.45) is 1.20. The van der Waals surface area contributed by atoms with Crippen molar-refractivity contribution in [3.05, 3.63) is 54.1 Å². The van der Waals surface area contributed by atoms with Crippen molar-refractivity contribution in [3.63, 3.8) is 0 Å². The monoisotopic (exact) mass is 399 g/mol. The van der Waals surface area contributed by atoms with Gasteiger partial charge in [0.05, 0.1) is 12.4 Å². The highest BCUT2D eigenvalue weighted by molar-refractivity contribution is 8.00. The summed E-state index contributed by atoms with van der Waals surface area (Å²) in [4.78, 5) is 12.5. The Hall–Kier alpha value is -1.98. The fourth-order valence-electron chi connectivity index (χ4n) is 3.83. The third kappa shape index (κ3) is 5.52. The van der Waals surface area contributed by atoms with E-state index in [0.717, 1.165) is 22.9 Å². The molecule has 1 saturated heterocycles. The van der Waals surface area contributed by atoms with E-state index in [1.807, 2.05) is 37.3 Å². The predicted molar refractivity (Wildman–Crippen MR) is 114 cm³/mol. The molecule has 0 radical (unpaired) electrons. The molecule has 2 aromatic rings. The van der Waals surface area contributed by atoms with Gasteiger partial charge in [0.25, 0.3) is 0 Å². The van der Waals surface area contributed by atoms with Crippen LogP contribution in [0.1, 0.15) is 38.7 Å². The predicted octanol–water partition coefficient (Wildman–Crippen LogP) is 5.24. The third-order valence-electron chi connectivity index (χ3n) is 5.18. The van der Waals surface area contributed by atoms with E-state index in [1.54, 1.807) is 0 Å². The van der Waals surface area contributed by atoms with Crippen molar-refractivity contribution in [2.45, 2.75) is 44.0 Å². The molecule has 0 spiro atoms. The van der Waals surface area contributed by atoms with Gasteiger partial charge in [-0.1, -0.05) is 19.1 Å². The third-order valence-corrected chi connectivity index (χ3v) is 6.17. The van der Waals surface area contributed by atoms with Gasteiger partial charge < -0.3 is 14.8 Å². The highest BCUT2D eigenvalue weighted by Gasteiger charge is 2.28. The number of nitrogens with one attached hydrogen (secondary N) is 1. The maximum atomic E-state index is 11.5. The van der Waals surface area contributed by atoms with E-state index in [0.29, 0.717) is 30.2 Å². The standard InChI is InChI=1S/C23H29NO3S/c1-4-26-22(25)15-28-21-10-8-19(9-11-21)27-20-7-5-6-18(14-20)23-16(2)12-13-24-17(23)3/h5-11,14,16-17,23-24H,4,12-13,15H2,1-3H3. The Morgan fingerprint density at radius 3 is 2.64 bits per heavy atom. The molecule has 0 amide bonds. The van der Waals surface area contributed by atoms with Gasteiger partial charge in [-0.05, 0) is 74.7 Å². The van der Waals surface area contributed by atoms with Crippen LogP contribution in [0.15, 0.2) is 53.4 Å². The molecule has 0 saturated carbocycles. The van der Waals surface area contributed by atoms with E-state index < -0.39 is 0 Å². The number of piperidine rings is 1. The first-order chi connectivity index (χ1) is 13.6. The average molecular weight is 400 g/mol. The maximum Gasteiger partial charge on any atom is 0.316 e. The zero-order valence-electron chi connectivity index (χ0n) is 16.8. The topological polar surface area (TPSA) is 47.6 Å². The molecule has 1 fully saturated rings. The zero-order valence-corrected chi connectivity index (χ0v) is 17.6. The Labute approximate surface area is 172 Å². The Morgan fingerprint density at radius 1 is 1.14 bits per heavy atom. The van der Waals surface area contributed by atoms with E-state index >= 15 is 0 Å². The number of esters is 1. The van der Waals surface area contributed by atoms with Gasteiger partial charge in [0.2, 0.25) is 0 Å². The summed E-state index contributed by atoms with van der Waals surface area (Å²) >= 11 is 1.47. The second-order valence-electron chi connectivity index (χ2n) is 7.27. The molecule has 3 rings (SSSR count). The van der Waals surface area contributed by atoms with E-state index in [4.69, 9.17) is 9.47 Å². The van der Waals surface area contributed by atoms with E-state index in [1.165, 1.54) is 23.7 Å². The second-order valence-corrected chi connectivity index (χ2v) is 8.32. The number of benzene rings is 2. The van der Waals surface area contributed by atoms with Crippen LogP contribution in [0.2, 0.25) is 0 Å². The number of thioether (sulfide) groups is 1. The first kappa shape index (κ1) is 20.7. The number of carbonyl (C=O) groups is 1. The van der Waals surface area contributed by atoms with Crippen LogP contribution in [0, 0.1) is 5.92 Å². The number of carbonyl (C=O) groups excluding carboxylic acids is 1. The molecule has 0 aliphatic carbocycles. The summed E-state index contributed by atoms with van der Waals surface area (Å²) in [6.45, 7) is 7.92. The SMILES string of the molecule is CCOC(=O)CSc1ccc(Oc2cccc(C3C(C)CCNC3C)c2)cc1. The Bertz CT molecular complexity index is 768. The van der Waals surface area contributed by atoms with Crippen LogP contribution in [0.5, 0.6) is 11.5 Å². The minimum Gasteiger partial charge on any atom is -0.465 e. The van der Waals surface area contributed by atoms with Gasteiger partial charge in [-0.25, -0.2) is 0 Å². The van der Waals surface area contributed by atoms with Gasteiger partial charge in [0, 0.05) is 16.9 Å². The highest BCUT2D eigenvalue weighted by atomic mass is 32.2. The van der Waals surface area contributed by atoms with Crippen LogP contribution < -0.4 is 10.1 Å². The minimum atomic E-state index is -0.190. The summed E-state index contributed by atoms with van der Waals surface area (Å²) < 4.78 is 11.0. The van der Waals surface area contributed by atoms with Gasteiger partial charge in [0.15, 0.2) is 0 Å². The van der Waals surface area contributed by atoms with Crippen molar-refractivity contribution in [1.29, 1.82) is 0 Å². The molecule has 5 heteroatoms. The van der Waals surface area contributed by atoms with Crippen LogP contribution in [0.4, 0.5) is 0 Å². The summed E-state index contributed by atoms with van der Waals surface area (Å²) in [5.74, 6) is 2.93. The largest absolute Gasteiger partial charge is 0.465 e. The van der Waals surface area contributed by atoms with Crippen molar-refractivity contribution in [3.8, 4) is 11.5 Å². The second kappa shape index (κ2) is 9.99. The van der Waals surface area contributed by atoms with Crippen LogP contribution in [0.25, 0.3) is 0 Å².